The second-order valence-corrected chi connectivity index (χ2v) is 16.1. The van der Waals surface area contributed by atoms with Crippen LogP contribution in [0, 0.1) is 0 Å². The van der Waals surface area contributed by atoms with Gasteiger partial charge >= 0.3 is 0 Å². The molecule has 0 spiro atoms. The summed E-state index contributed by atoms with van der Waals surface area (Å²) in [5.74, 6) is -17.6. The molecule has 0 aliphatic carbocycles. The first kappa shape index (κ1) is 42.9. The van der Waals surface area contributed by atoms with E-state index in [9.17, 15) is 91.9 Å². The molecule has 6 aromatic carbocycles. The van der Waals surface area contributed by atoms with Gasteiger partial charge in [0.15, 0.2) is 70.1 Å². The minimum atomic E-state index is -2.09. The number of aliphatic hydroxyl groups excluding tert-OH is 3. The van der Waals surface area contributed by atoms with Crippen molar-refractivity contribution in [1.29, 1.82) is 0 Å². The minimum absolute atomic E-state index is 0.131. The number of aliphatic hydroxyl groups is 3. The second kappa shape index (κ2) is 15.1. The number of ether oxygens (including phenoxy) is 3. The Bertz CT molecular complexity index is 2940. The van der Waals surface area contributed by atoms with E-state index in [1.165, 1.54) is 0 Å². The third kappa shape index (κ3) is 6.51. The molecule has 0 fully saturated rings. The van der Waals surface area contributed by atoms with Crippen molar-refractivity contribution < 1.29 is 106 Å². The van der Waals surface area contributed by atoms with Gasteiger partial charge in [-0.25, -0.2) is 0 Å². The highest BCUT2D eigenvalue weighted by Crippen LogP contribution is 2.62. The highest BCUT2D eigenvalue weighted by atomic mass is 16.5. The number of fused-ring (bicyclic) bond motifs is 3. The molecule has 6 aromatic rings. The molecule has 3 aliphatic rings. The Morgan fingerprint density at radius 2 is 0.712 bits per heavy atom. The van der Waals surface area contributed by atoms with Crippen molar-refractivity contribution in [2.45, 2.75) is 54.9 Å². The smallest absolute Gasteiger partial charge is 0.200 e. The van der Waals surface area contributed by atoms with Crippen LogP contribution in [0.25, 0.3) is 0 Å². The number of phenolic OH excluding ortho intramolecular Hbond substituents is 15. The molecule has 66 heavy (non-hydrogen) atoms. The average Bonchev–Trinajstić information content (AvgIpc) is 3.24. The van der Waals surface area contributed by atoms with Gasteiger partial charge in [0, 0.05) is 75.2 Å². The molecule has 21 nitrogen and oxygen atoms in total. The largest absolute Gasteiger partial charge is 0.508 e. The van der Waals surface area contributed by atoms with Crippen LogP contribution in [0.3, 0.4) is 0 Å². The number of rotatable bonds is 5. The maximum absolute atomic E-state index is 12.5. The van der Waals surface area contributed by atoms with Gasteiger partial charge in [0.05, 0.1) is 17.9 Å². The van der Waals surface area contributed by atoms with E-state index in [4.69, 9.17) is 14.2 Å². The van der Waals surface area contributed by atoms with Crippen LogP contribution in [0.4, 0.5) is 0 Å². The summed E-state index contributed by atoms with van der Waals surface area (Å²) in [5.41, 5.74) is -2.62. The number of aromatic hydroxyl groups is 15. The van der Waals surface area contributed by atoms with Crippen molar-refractivity contribution in [2.24, 2.45) is 0 Å². The Labute approximate surface area is 369 Å². The van der Waals surface area contributed by atoms with Crippen LogP contribution in [0.2, 0.25) is 0 Å². The Morgan fingerprint density at radius 3 is 1.18 bits per heavy atom. The van der Waals surface area contributed by atoms with Gasteiger partial charge in [0.1, 0.15) is 64.0 Å². The maximum atomic E-state index is 12.5. The molecule has 8 atom stereocenters. The van der Waals surface area contributed by atoms with Gasteiger partial charge in [-0.05, 0) is 36.4 Å². The summed E-state index contributed by atoms with van der Waals surface area (Å²) in [6, 6.07) is 8.95. The lowest BCUT2D eigenvalue weighted by molar-refractivity contribution is -0.00571. The summed E-state index contributed by atoms with van der Waals surface area (Å²) >= 11 is 0. The fourth-order valence-electron chi connectivity index (χ4n) is 9.16. The van der Waals surface area contributed by atoms with Gasteiger partial charge < -0.3 is 106 Å². The average molecular weight is 915 g/mol. The van der Waals surface area contributed by atoms with Crippen molar-refractivity contribution in [2.75, 3.05) is 0 Å². The molecule has 18 N–H and O–H groups in total. The maximum Gasteiger partial charge on any atom is 0.200 e. The molecule has 0 saturated heterocycles. The van der Waals surface area contributed by atoms with Gasteiger partial charge in [0.2, 0.25) is 0 Å². The zero-order valence-corrected chi connectivity index (χ0v) is 33.4. The van der Waals surface area contributed by atoms with Crippen LogP contribution < -0.4 is 14.2 Å². The van der Waals surface area contributed by atoms with Crippen molar-refractivity contribution >= 4 is 0 Å². The minimum Gasteiger partial charge on any atom is -0.508 e. The van der Waals surface area contributed by atoms with E-state index in [1.54, 1.807) is 0 Å². The van der Waals surface area contributed by atoms with Crippen LogP contribution in [0.5, 0.6) is 103 Å². The van der Waals surface area contributed by atoms with E-state index in [1.807, 2.05) is 0 Å². The van der Waals surface area contributed by atoms with E-state index in [2.05, 4.69) is 0 Å². The Hall–Kier alpha value is -8.40. The van der Waals surface area contributed by atoms with Gasteiger partial charge in [-0.2, -0.15) is 0 Å². The highest BCUT2D eigenvalue weighted by molar-refractivity contribution is 5.71. The van der Waals surface area contributed by atoms with Gasteiger partial charge in [-0.15, -0.1) is 0 Å². The summed E-state index contributed by atoms with van der Waals surface area (Å²) in [7, 11) is 0. The molecule has 3 heterocycles. The summed E-state index contributed by atoms with van der Waals surface area (Å²) in [6.45, 7) is 0. The number of hydrogen-bond donors (Lipinski definition) is 18. The number of benzene rings is 6. The molecule has 21 heteroatoms. The second-order valence-electron chi connectivity index (χ2n) is 16.1. The van der Waals surface area contributed by atoms with Crippen LogP contribution in [-0.2, 0) is 6.42 Å². The standard InChI is InChI=1S/C45H38O21/c46-15-7-18(48)30-29(8-15)64-42(13-3-24(54)37(60)25(55)4-13)39(62)34(30)32-20(50)11-21(51)33-35(40(63)43(66-45(32)33)14-5-26(56)38(61)27(57)6-14)31-19(49)10-17(47)16-9-28(58)41(65-44(16)31)12-1-22(52)36(59)23(53)2-12/h1-8,10-11,28,34-35,39-43,46-63H,9H2/t28-,34?,35?,39?,40?,41-,42-,43-/m1/s1. The number of phenols is 15. The first-order chi connectivity index (χ1) is 31.2. The van der Waals surface area contributed by atoms with Crippen LogP contribution in [-0.4, -0.2) is 110 Å². The van der Waals surface area contributed by atoms with E-state index in [-0.39, 0.29) is 33.6 Å². The predicted octanol–water partition coefficient (Wildman–Crippen LogP) is 3.56. The first-order valence-corrected chi connectivity index (χ1v) is 19.7. The molecule has 0 saturated carbocycles. The Kier molecular flexibility index (Phi) is 9.82. The summed E-state index contributed by atoms with van der Waals surface area (Å²) in [5, 5.41) is 198. The predicted molar refractivity (Wildman–Crippen MR) is 219 cm³/mol. The third-order valence-electron chi connectivity index (χ3n) is 12.1. The highest BCUT2D eigenvalue weighted by Gasteiger charge is 2.51. The molecule has 344 valence electrons. The molecule has 0 radical (unpaired) electrons. The summed E-state index contributed by atoms with van der Waals surface area (Å²) in [6.07, 6.45) is -11.3. The molecule has 9 rings (SSSR count). The van der Waals surface area contributed by atoms with E-state index < -0.39 is 169 Å². The molecule has 4 unspecified atom stereocenters. The van der Waals surface area contributed by atoms with Crippen LogP contribution in [0.15, 0.2) is 60.7 Å². The molecular formula is C45H38O21. The lowest BCUT2D eigenvalue weighted by Crippen LogP contribution is -2.39. The van der Waals surface area contributed by atoms with E-state index >= 15 is 0 Å². The topological polar surface area (TPSA) is 392 Å². The summed E-state index contributed by atoms with van der Waals surface area (Å²) < 4.78 is 18.6. The normalized spacial score (nSPS) is 23.1. The fraction of sp³-hybridized carbons (Fsp3) is 0.200. The molecular weight excluding hydrogens is 876 g/mol. The van der Waals surface area contributed by atoms with Gasteiger partial charge in [-0.1, -0.05) is 0 Å². The first-order valence-electron chi connectivity index (χ1n) is 19.7. The molecule has 0 amide bonds. The quantitative estimate of drug-likeness (QED) is 0.110. The fourth-order valence-corrected chi connectivity index (χ4v) is 9.16. The third-order valence-corrected chi connectivity index (χ3v) is 12.1. The lowest BCUT2D eigenvalue weighted by Gasteiger charge is -2.43. The molecule has 3 aliphatic heterocycles. The van der Waals surface area contributed by atoms with E-state index in [0.717, 1.165) is 60.7 Å². The van der Waals surface area contributed by atoms with Gasteiger partial charge in [-0.3, -0.25) is 0 Å². The molecule has 0 bridgehead atoms. The SMILES string of the molecule is Oc1cc(O)c2c(c1)O[C@H](c1cc(O)c(O)c(O)c1)C(O)C2c1c(O)cc(O)c2c1O[C@H](c1cc(O)c(O)c(O)c1)C(O)C2c1c(O)cc(O)c2c1O[C@H](c1cc(O)c(O)c(O)c1)[C@H](O)C2. The number of hydrogen-bond acceptors (Lipinski definition) is 21. The van der Waals surface area contributed by atoms with Crippen LogP contribution in [0.1, 0.15) is 74.7 Å². The van der Waals surface area contributed by atoms with Crippen molar-refractivity contribution in [3.8, 4) is 103 Å². The monoisotopic (exact) mass is 914 g/mol. The van der Waals surface area contributed by atoms with Crippen molar-refractivity contribution in [1.82, 2.24) is 0 Å². The Balaban J connectivity index is 1.32. The lowest BCUT2D eigenvalue weighted by atomic mass is 9.73. The zero-order chi connectivity index (χ0) is 47.5. The Morgan fingerprint density at radius 1 is 0.348 bits per heavy atom. The van der Waals surface area contributed by atoms with Gasteiger partial charge in [0.25, 0.3) is 0 Å². The van der Waals surface area contributed by atoms with Crippen molar-refractivity contribution in [3.05, 3.63) is 105 Å². The van der Waals surface area contributed by atoms with Crippen molar-refractivity contribution in [3.63, 3.8) is 0 Å². The molecule has 0 aromatic heterocycles. The van der Waals surface area contributed by atoms with Crippen LogP contribution >= 0.6 is 0 Å². The summed E-state index contributed by atoms with van der Waals surface area (Å²) in [4.78, 5) is 0. The van der Waals surface area contributed by atoms with E-state index in [0.29, 0.717) is 0 Å². The zero-order valence-electron chi connectivity index (χ0n) is 33.4.